The second kappa shape index (κ2) is 5.65. The number of furan rings is 1. The molecule has 1 saturated heterocycles. The van der Waals surface area contributed by atoms with Gasteiger partial charge < -0.3 is 9.32 Å². The van der Waals surface area contributed by atoms with Gasteiger partial charge in [-0.25, -0.2) is 13.6 Å². The predicted molar refractivity (Wildman–Crippen MR) is 87.7 cm³/mol. The van der Waals surface area contributed by atoms with Crippen molar-refractivity contribution in [2.45, 2.75) is 20.3 Å². The van der Waals surface area contributed by atoms with Gasteiger partial charge in [0, 0.05) is 24.0 Å². The van der Waals surface area contributed by atoms with Gasteiger partial charge in [-0.1, -0.05) is 11.6 Å². The van der Waals surface area contributed by atoms with Gasteiger partial charge in [0.15, 0.2) is 5.76 Å². The summed E-state index contributed by atoms with van der Waals surface area (Å²) in [6.45, 7) is 4.78. The number of benzene rings is 1. The first-order valence-corrected chi connectivity index (χ1v) is 9.25. The van der Waals surface area contributed by atoms with E-state index >= 15 is 0 Å². The fourth-order valence-electron chi connectivity index (χ4n) is 3.16. The number of primary sulfonamides is 1. The molecule has 2 aromatic rings. The molecule has 1 aromatic carbocycles. The van der Waals surface area contributed by atoms with Crippen LogP contribution in [0.15, 0.2) is 22.6 Å². The SMILES string of the molecule is Cc1ccc2oc(C(=O)N3CCC(CS(N)(=O)=O)C3)c(C)c2c1. The van der Waals surface area contributed by atoms with Crippen LogP contribution in [0.5, 0.6) is 0 Å². The van der Waals surface area contributed by atoms with E-state index in [-0.39, 0.29) is 17.6 Å². The van der Waals surface area contributed by atoms with Crippen LogP contribution in [-0.2, 0) is 10.0 Å². The van der Waals surface area contributed by atoms with Gasteiger partial charge in [-0.15, -0.1) is 0 Å². The molecule has 2 heterocycles. The number of hydrogen-bond donors (Lipinski definition) is 1. The Bertz CT molecular complexity index is 870. The van der Waals surface area contributed by atoms with E-state index in [1.165, 1.54) is 0 Å². The highest BCUT2D eigenvalue weighted by Crippen LogP contribution is 2.28. The van der Waals surface area contributed by atoms with Gasteiger partial charge in [-0.05, 0) is 38.3 Å². The molecule has 0 radical (unpaired) electrons. The van der Waals surface area contributed by atoms with Gasteiger partial charge in [0.05, 0.1) is 5.75 Å². The number of likely N-dealkylation sites (tertiary alicyclic amines) is 1. The summed E-state index contributed by atoms with van der Waals surface area (Å²) in [5.74, 6) is -0.0502. The molecule has 1 aromatic heterocycles. The highest BCUT2D eigenvalue weighted by molar-refractivity contribution is 7.89. The maximum atomic E-state index is 12.7. The van der Waals surface area contributed by atoms with Crippen LogP contribution in [0.2, 0.25) is 0 Å². The molecule has 1 aliphatic rings. The van der Waals surface area contributed by atoms with Crippen molar-refractivity contribution >= 4 is 26.9 Å². The van der Waals surface area contributed by atoms with Crippen molar-refractivity contribution in [1.82, 2.24) is 4.90 Å². The minimum atomic E-state index is -3.52. The first kappa shape index (κ1) is 16.0. The Kier molecular flexibility index (Phi) is 3.93. The third-order valence-electron chi connectivity index (χ3n) is 4.33. The van der Waals surface area contributed by atoms with E-state index in [1.807, 2.05) is 32.0 Å². The molecule has 6 nitrogen and oxygen atoms in total. The molecule has 1 unspecified atom stereocenters. The summed E-state index contributed by atoms with van der Waals surface area (Å²) in [5.41, 5.74) is 2.62. The summed E-state index contributed by atoms with van der Waals surface area (Å²) in [7, 11) is -3.52. The Balaban J connectivity index is 1.83. The molecule has 0 aliphatic carbocycles. The lowest BCUT2D eigenvalue weighted by molar-refractivity contribution is 0.0758. The normalized spacial score (nSPS) is 18.7. The molecule has 2 N–H and O–H groups in total. The fourth-order valence-corrected chi connectivity index (χ4v) is 4.09. The van der Waals surface area contributed by atoms with Gasteiger partial charge in [0.1, 0.15) is 5.58 Å². The Hall–Kier alpha value is -1.86. The average molecular weight is 336 g/mol. The van der Waals surface area contributed by atoms with Crippen LogP contribution in [-0.4, -0.2) is 38.1 Å². The molecule has 1 fully saturated rings. The number of carbonyl (C=O) groups is 1. The fraction of sp³-hybridized carbons (Fsp3) is 0.438. The van der Waals surface area contributed by atoms with E-state index in [1.54, 1.807) is 4.90 Å². The molecule has 7 heteroatoms. The standard InChI is InChI=1S/C16H20N2O4S/c1-10-3-4-14-13(7-10)11(2)15(22-14)16(19)18-6-5-12(8-18)9-23(17,20)21/h3-4,7,12H,5-6,8-9H2,1-2H3,(H2,17,20,21). The summed E-state index contributed by atoms with van der Waals surface area (Å²) in [6.07, 6.45) is 0.639. The number of rotatable bonds is 3. The van der Waals surface area contributed by atoms with E-state index in [4.69, 9.17) is 9.56 Å². The van der Waals surface area contributed by atoms with Crippen molar-refractivity contribution in [3.05, 3.63) is 35.1 Å². The lowest BCUT2D eigenvalue weighted by Crippen LogP contribution is -2.30. The van der Waals surface area contributed by atoms with Crippen LogP contribution in [0.1, 0.15) is 28.1 Å². The van der Waals surface area contributed by atoms with Crippen molar-refractivity contribution in [3.8, 4) is 0 Å². The molecule has 1 amide bonds. The zero-order chi connectivity index (χ0) is 16.8. The summed E-state index contributed by atoms with van der Waals surface area (Å²) < 4.78 is 28.1. The quantitative estimate of drug-likeness (QED) is 0.925. The summed E-state index contributed by atoms with van der Waals surface area (Å²) in [4.78, 5) is 14.3. The highest BCUT2D eigenvalue weighted by Gasteiger charge is 2.31. The van der Waals surface area contributed by atoms with Crippen LogP contribution in [0.25, 0.3) is 11.0 Å². The topological polar surface area (TPSA) is 93.6 Å². The van der Waals surface area contributed by atoms with Crippen molar-refractivity contribution in [2.75, 3.05) is 18.8 Å². The Morgan fingerprint density at radius 2 is 2.13 bits per heavy atom. The lowest BCUT2D eigenvalue weighted by Gasteiger charge is -2.15. The second-order valence-electron chi connectivity index (χ2n) is 6.29. The van der Waals surface area contributed by atoms with E-state index in [2.05, 4.69) is 0 Å². The van der Waals surface area contributed by atoms with Gasteiger partial charge in [0.2, 0.25) is 10.0 Å². The summed E-state index contributed by atoms with van der Waals surface area (Å²) in [5, 5.41) is 6.03. The zero-order valence-corrected chi connectivity index (χ0v) is 14.0. The molecule has 0 saturated carbocycles. The van der Waals surface area contributed by atoms with Crippen molar-refractivity contribution < 1.29 is 17.6 Å². The molecule has 0 spiro atoms. The Labute approximate surface area is 135 Å². The number of amides is 1. The van der Waals surface area contributed by atoms with E-state index in [0.717, 1.165) is 16.5 Å². The molecular formula is C16H20N2O4S. The third-order valence-corrected chi connectivity index (χ3v) is 5.26. The number of hydrogen-bond acceptors (Lipinski definition) is 4. The highest BCUT2D eigenvalue weighted by atomic mass is 32.2. The number of sulfonamides is 1. The van der Waals surface area contributed by atoms with Crippen LogP contribution >= 0.6 is 0 Å². The van der Waals surface area contributed by atoms with Crippen molar-refractivity contribution in [1.29, 1.82) is 0 Å². The Morgan fingerprint density at radius 3 is 2.83 bits per heavy atom. The van der Waals surface area contributed by atoms with Crippen LogP contribution < -0.4 is 5.14 Å². The number of fused-ring (bicyclic) bond motifs is 1. The molecule has 3 rings (SSSR count). The third kappa shape index (κ3) is 3.25. The van der Waals surface area contributed by atoms with Gasteiger partial charge >= 0.3 is 0 Å². The molecule has 1 atom stereocenters. The second-order valence-corrected chi connectivity index (χ2v) is 7.95. The van der Waals surface area contributed by atoms with Gasteiger partial charge in [-0.2, -0.15) is 0 Å². The maximum absolute atomic E-state index is 12.7. The smallest absolute Gasteiger partial charge is 0.289 e. The largest absolute Gasteiger partial charge is 0.451 e. The van der Waals surface area contributed by atoms with E-state index in [9.17, 15) is 13.2 Å². The number of nitrogens with zero attached hydrogens (tertiary/aromatic N) is 1. The summed E-state index contributed by atoms with van der Waals surface area (Å²) in [6, 6.07) is 5.80. The number of carbonyl (C=O) groups excluding carboxylic acids is 1. The number of nitrogens with two attached hydrogens (primary N) is 1. The van der Waals surface area contributed by atoms with Gasteiger partial charge in [-0.3, -0.25) is 4.79 Å². The molecule has 1 aliphatic heterocycles. The predicted octanol–water partition coefficient (Wildman–Crippen LogP) is 1.80. The minimum absolute atomic E-state index is 0.0882. The number of aryl methyl sites for hydroxylation is 2. The van der Waals surface area contributed by atoms with Crippen molar-refractivity contribution in [3.63, 3.8) is 0 Å². The first-order valence-electron chi connectivity index (χ1n) is 7.54. The minimum Gasteiger partial charge on any atom is -0.451 e. The first-order chi connectivity index (χ1) is 10.7. The zero-order valence-electron chi connectivity index (χ0n) is 13.2. The molecule has 124 valence electrons. The monoisotopic (exact) mass is 336 g/mol. The van der Waals surface area contributed by atoms with Crippen LogP contribution in [0.4, 0.5) is 0 Å². The maximum Gasteiger partial charge on any atom is 0.289 e. The van der Waals surface area contributed by atoms with Crippen LogP contribution in [0.3, 0.4) is 0 Å². The van der Waals surface area contributed by atoms with Gasteiger partial charge in [0.25, 0.3) is 5.91 Å². The summed E-state index contributed by atoms with van der Waals surface area (Å²) >= 11 is 0. The van der Waals surface area contributed by atoms with Crippen molar-refractivity contribution in [2.24, 2.45) is 11.1 Å². The van der Waals surface area contributed by atoms with Crippen LogP contribution in [0, 0.1) is 19.8 Å². The lowest BCUT2D eigenvalue weighted by atomic mass is 10.1. The van der Waals surface area contributed by atoms with E-state index < -0.39 is 10.0 Å². The Morgan fingerprint density at radius 1 is 1.39 bits per heavy atom. The molecular weight excluding hydrogens is 316 g/mol. The molecule has 23 heavy (non-hydrogen) atoms. The van der Waals surface area contributed by atoms with E-state index in [0.29, 0.717) is 30.9 Å². The average Bonchev–Trinajstić information content (AvgIpc) is 3.02. The molecule has 0 bridgehead atoms.